The van der Waals surface area contributed by atoms with Crippen LogP contribution in [0.4, 0.5) is 0 Å². The van der Waals surface area contributed by atoms with Crippen LogP contribution in [0, 0.1) is 6.92 Å². The second-order valence-corrected chi connectivity index (χ2v) is 8.35. The molecule has 0 aliphatic carbocycles. The zero-order valence-corrected chi connectivity index (χ0v) is 18.3. The van der Waals surface area contributed by atoms with Gasteiger partial charge in [0.05, 0.1) is 25.0 Å². The molecule has 0 amide bonds. The van der Waals surface area contributed by atoms with Crippen molar-refractivity contribution in [2.45, 2.75) is 19.4 Å². The van der Waals surface area contributed by atoms with Gasteiger partial charge in [0.25, 0.3) is 5.56 Å². The summed E-state index contributed by atoms with van der Waals surface area (Å²) in [6, 6.07) is 10.3. The van der Waals surface area contributed by atoms with E-state index in [0.29, 0.717) is 10.7 Å². The molecule has 5 N–H and O–H groups in total. The van der Waals surface area contributed by atoms with Crippen LogP contribution in [0.25, 0.3) is 16.6 Å². The second-order valence-electron chi connectivity index (χ2n) is 7.95. The number of halogens is 1. The highest BCUT2D eigenvalue weighted by Crippen LogP contribution is 2.34. The Hall–Kier alpha value is -3.49. The Labute approximate surface area is 187 Å². The molecular weight excluding hydrogens is 432 g/mol. The van der Waals surface area contributed by atoms with Crippen LogP contribution in [-0.2, 0) is 6.42 Å². The Morgan fingerprint density at radius 2 is 2.00 bits per heavy atom. The molecule has 0 fully saturated rings. The molecule has 2 aromatic heterocycles. The molecule has 1 aliphatic heterocycles. The number of methoxy groups -OCH3 is 1. The van der Waals surface area contributed by atoms with Crippen LogP contribution < -0.4 is 21.3 Å². The summed E-state index contributed by atoms with van der Waals surface area (Å²) in [5.41, 5.74) is 2.80. The summed E-state index contributed by atoms with van der Waals surface area (Å²) in [7, 11) is 1.62. The Morgan fingerprint density at radius 1 is 1.19 bits per heavy atom. The summed E-state index contributed by atoms with van der Waals surface area (Å²) >= 11 is 6.23. The minimum atomic E-state index is -0.728. The number of aryl methyl sites for hydroxylation is 1. The first-order chi connectivity index (χ1) is 15.4. The molecule has 2 aromatic carbocycles. The number of hydrogen-bond donors (Lipinski definition) is 4. The molecule has 0 unspecified atom stereocenters. The Balaban J connectivity index is 1.72. The zero-order chi connectivity index (χ0) is 22.6. The highest BCUT2D eigenvalue weighted by molar-refractivity contribution is 6.31. The van der Waals surface area contributed by atoms with Gasteiger partial charge in [-0.3, -0.25) is 9.78 Å². The SMILES string of the molecule is COc1ccc2[nH]c3c(c2c1)CC[NH2+][C@@H]3c1c(O)n(-c2ccc(C)c(Cl)c2)c(=O)[nH]c1=O. The number of quaternary nitrogens is 1. The van der Waals surface area contributed by atoms with E-state index in [1.807, 2.05) is 30.4 Å². The quantitative estimate of drug-likeness (QED) is 0.379. The summed E-state index contributed by atoms with van der Waals surface area (Å²) in [5, 5.41) is 14.6. The van der Waals surface area contributed by atoms with Crippen molar-refractivity contribution in [3.63, 3.8) is 0 Å². The van der Waals surface area contributed by atoms with Crippen molar-refractivity contribution in [2.75, 3.05) is 13.7 Å². The molecule has 0 saturated heterocycles. The topological polar surface area (TPSA) is 117 Å². The van der Waals surface area contributed by atoms with Gasteiger partial charge in [-0.1, -0.05) is 17.7 Å². The van der Waals surface area contributed by atoms with E-state index in [9.17, 15) is 14.7 Å². The van der Waals surface area contributed by atoms with Gasteiger partial charge < -0.3 is 20.1 Å². The van der Waals surface area contributed by atoms with Gasteiger partial charge >= 0.3 is 5.69 Å². The number of ether oxygens (including phenoxy) is 1. The third-order valence-corrected chi connectivity index (χ3v) is 6.51. The molecule has 9 heteroatoms. The molecule has 1 aliphatic rings. The van der Waals surface area contributed by atoms with Crippen molar-refractivity contribution in [3.8, 4) is 17.3 Å². The summed E-state index contributed by atoms with van der Waals surface area (Å²) in [6.45, 7) is 2.56. The fraction of sp³-hybridized carbons (Fsp3) is 0.217. The second kappa shape index (κ2) is 7.58. The maximum atomic E-state index is 12.9. The van der Waals surface area contributed by atoms with Crippen molar-refractivity contribution in [1.29, 1.82) is 0 Å². The summed E-state index contributed by atoms with van der Waals surface area (Å²) < 4.78 is 6.44. The highest BCUT2D eigenvalue weighted by atomic mass is 35.5. The number of H-pyrrole nitrogens is 2. The molecule has 0 spiro atoms. The molecule has 0 saturated carbocycles. The standard InChI is InChI=1S/C23H21ClN4O4/c1-11-3-4-12(9-16(11)24)28-22(30)18(21(29)27-23(28)31)20-19-14(7-8-25-20)15-10-13(32-2)5-6-17(15)26-19/h3-6,9-10,20,25-26,30H,7-8H2,1-2H3,(H,27,29,31)/p+1/t20-/m1/s1. The Kier molecular flexibility index (Phi) is 4.83. The lowest BCUT2D eigenvalue weighted by Gasteiger charge is -2.22. The number of fused-ring (bicyclic) bond motifs is 3. The van der Waals surface area contributed by atoms with Crippen molar-refractivity contribution in [3.05, 3.63) is 84.6 Å². The molecule has 0 bridgehead atoms. The summed E-state index contributed by atoms with van der Waals surface area (Å²) in [4.78, 5) is 31.3. The van der Waals surface area contributed by atoms with Crippen molar-refractivity contribution < 1.29 is 15.2 Å². The largest absolute Gasteiger partial charge is 0.497 e. The number of nitrogens with one attached hydrogen (secondary N) is 2. The minimum absolute atomic E-state index is 0.112. The van der Waals surface area contributed by atoms with E-state index in [0.717, 1.165) is 51.0 Å². The van der Waals surface area contributed by atoms with Gasteiger partial charge in [0, 0.05) is 22.3 Å². The number of aromatic hydroxyl groups is 1. The average molecular weight is 454 g/mol. The fourth-order valence-electron chi connectivity index (χ4n) is 4.46. The number of hydrogen-bond acceptors (Lipinski definition) is 4. The molecule has 3 heterocycles. The van der Waals surface area contributed by atoms with E-state index in [4.69, 9.17) is 16.3 Å². The normalized spacial score (nSPS) is 15.7. The lowest BCUT2D eigenvalue weighted by molar-refractivity contribution is -0.690. The van der Waals surface area contributed by atoms with Gasteiger partial charge in [0.2, 0.25) is 5.88 Å². The number of nitrogens with zero attached hydrogens (tertiary/aromatic N) is 1. The molecule has 1 atom stereocenters. The first-order valence-electron chi connectivity index (χ1n) is 10.3. The van der Waals surface area contributed by atoms with Crippen molar-refractivity contribution in [2.24, 2.45) is 0 Å². The van der Waals surface area contributed by atoms with Crippen LogP contribution in [0.2, 0.25) is 5.02 Å². The van der Waals surface area contributed by atoms with Gasteiger partial charge in [-0.25, -0.2) is 9.36 Å². The van der Waals surface area contributed by atoms with Crippen molar-refractivity contribution >= 4 is 22.5 Å². The molecule has 4 aromatic rings. The van der Waals surface area contributed by atoms with Crippen LogP contribution in [-0.4, -0.2) is 33.3 Å². The zero-order valence-electron chi connectivity index (χ0n) is 17.5. The monoisotopic (exact) mass is 453 g/mol. The average Bonchev–Trinajstić information content (AvgIpc) is 3.14. The maximum absolute atomic E-state index is 12.9. The number of benzene rings is 2. The predicted octanol–water partition coefficient (Wildman–Crippen LogP) is 1.89. The van der Waals surface area contributed by atoms with E-state index in [2.05, 4.69) is 9.97 Å². The summed E-state index contributed by atoms with van der Waals surface area (Å²) in [6.07, 6.45) is 0.797. The van der Waals surface area contributed by atoms with E-state index in [-0.39, 0.29) is 5.56 Å². The minimum Gasteiger partial charge on any atom is -0.497 e. The Bertz CT molecular complexity index is 1480. The van der Waals surface area contributed by atoms with Gasteiger partial charge in [-0.15, -0.1) is 0 Å². The lowest BCUT2D eigenvalue weighted by atomic mass is 9.95. The fourth-order valence-corrected chi connectivity index (χ4v) is 4.64. The van der Waals surface area contributed by atoms with Crippen molar-refractivity contribution in [1.82, 2.24) is 14.5 Å². The third kappa shape index (κ3) is 3.11. The predicted molar refractivity (Wildman–Crippen MR) is 121 cm³/mol. The van der Waals surface area contributed by atoms with Gasteiger partial charge in [-0.2, -0.15) is 0 Å². The van der Waals surface area contributed by atoms with Gasteiger partial charge in [-0.05, 0) is 48.4 Å². The van der Waals surface area contributed by atoms with E-state index in [1.165, 1.54) is 0 Å². The maximum Gasteiger partial charge on any atom is 0.335 e. The molecular formula is C23H22ClN4O4+. The van der Waals surface area contributed by atoms with E-state index < -0.39 is 23.2 Å². The molecule has 0 radical (unpaired) electrons. The number of aromatic nitrogens is 3. The Morgan fingerprint density at radius 3 is 2.75 bits per heavy atom. The third-order valence-electron chi connectivity index (χ3n) is 6.10. The molecule has 164 valence electrons. The first kappa shape index (κ1) is 20.4. The summed E-state index contributed by atoms with van der Waals surface area (Å²) in [5.74, 6) is 0.347. The van der Waals surface area contributed by atoms with Crippen LogP contribution in [0.5, 0.6) is 11.6 Å². The number of rotatable bonds is 3. The van der Waals surface area contributed by atoms with Crippen LogP contribution in [0.3, 0.4) is 0 Å². The van der Waals surface area contributed by atoms with Crippen LogP contribution >= 0.6 is 11.6 Å². The highest BCUT2D eigenvalue weighted by Gasteiger charge is 2.34. The van der Waals surface area contributed by atoms with Crippen LogP contribution in [0.1, 0.15) is 28.4 Å². The number of aromatic amines is 2. The van der Waals surface area contributed by atoms with E-state index in [1.54, 1.807) is 25.3 Å². The van der Waals surface area contributed by atoms with Gasteiger partial charge in [0.15, 0.2) is 6.04 Å². The smallest absolute Gasteiger partial charge is 0.335 e. The first-order valence-corrected chi connectivity index (χ1v) is 10.6. The molecule has 8 nitrogen and oxygen atoms in total. The van der Waals surface area contributed by atoms with Crippen LogP contribution in [0.15, 0.2) is 46.0 Å². The van der Waals surface area contributed by atoms with Gasteiger partial charge in [0.1, 0.15) is 11.3 Å². The number of nitrogens with two attached hydrogens (primary N) is 1. The lowest BCUT2D eigenvalue weighted by Crippen LogP contribution is -2.87. The molecule has 32 heavy (non-hydrogen) atoms. The molecule has 5 rings (SSSR count). The van der Waals surface area contributed by atoms with E-state index >= 15 is 0 Å².